The lowest BCUT2D eigenvalue weighted by atomic mass is 9.92. The van der Waals surface area contributed by atoms with Crippen molar-refractivity contribution in [3.8, 4) is 6.07 Å². The van der Waals surface area contributed by atoms with E-state index in [0.717, 1.165) is 6.07 Å². The van der Waals surface area contributed by atoms with Gasteiger partial charge in [-0.1, -0.05) is 0 Å². The largest absolute Gasteiger partial charge is 0.386 e. The molecule has 0 unspecified atom stereocenters. The van der Waals surface area contributed by atoms with Crippen LogP contribution >= 0.6 is 0 Å². The number of nitriles is 1. The summed E-state index contributed by atoms with van der Waals surface area (Å²) < 4.78 is 44.8. The molecule has 3 aliphatic rings. The monoisotopic (exact) mass is 420 g/mol. The van der Waals surface area contributed by atoms with E-state index in [0.29, 0.717) is 12.8 Å². The fourth-order valence-electron chi connectivity index (χ4n) is 3.98. The van der Waals surface area contributed by atoms with Gasteiger partial charge in [0.05, 0.1) is 18.4 Å². The number of ether oxygens (including phenoxy) is 1. The minimum Gasteiger partial charge on any atom is -0.386 e. The van der Waals surface area contributed by atoms with Crippen LogP contribution in [0.15, 0.2) is 23.2 Å². The highest BCUT2D eigenvalue weighted by Gasteiger charge is 2.57. The standard InChI is InChI=1S/C19H21FN4O4S/c1-17(11-29(26,27)19(15(22)24-17)6-7-28-10-19)13-8-12(2-3-14(13)20)23-16(25)18(9-21)4-5-18/h2-3,8H,4-7,10-11H2,1H3,(H2,22,24)(H,23,25)/t17-,19-/m0/s1. The van der Waals surface area contributed by atoms with Crippen LogP contribution in [-0.2, 0) is 24.9 Å². The highest BCUT2D eigenvalue weighted by Crippen LogP contribution is 2.46. The maximum atomic E-state index is 14.7. The van der Waals surface area contributed by atoms with Gasteiger partial charge >= 0.3 is 0 Å². The number of amides is 1. The molecule has 2 heterocycles. The van der Waals surface area contributed by atoms with Crippen molar-refractivity contribution in [1.29, 1.82) is 5.26 Å². The van der Waals surface area contributed by atoms with E-state index in [2.05, 4.69) is 10.3 Å². The van der Waals surface area contributed by atoms with E-state index in [1.807, 2.05) is 6.07 Å². The minimum atomic E-state index is -3.78. The van der Waals surface area contributed by atoms with E-state index in [1.165, 1.54) is 19.1 Å². The SMILES string of the molecule is C[C@@]1(c2cc(NC(=O)C3(C#N)CC3)ccc2F)CS(=O)(=O)[C@]2(CCOC2)C(N)=N1. The topological polar surface area (TPSA) is 135 Å². The zero-order chi connectivity index (χ0) is 21.1. The van der Waals surface area contributed by atoms with Crippen LogP contribution in [0.5, 0.6) is 0 Å². The van der Waals surface area contributed by atoms with Gasteiger partial charge in [-0.05, 0) is 44.4 Å². The van der Waals surface area contributed by atoms with Crippen LogP contribution < -0.4 is 11.1 Å². The maximum Gasteiger partial charge on any atom is 0.244 e. The number of nitrogens with two attached hydrogens (primary N) is 1. The zero-order valence-corrected chi connectivity index (χ0v) is 16.7. The van der Waals surface area contributed by atoms with E-state index >= 15 is 0 Å². The van der Waals surface area contributed by atoms with Crippen molar-refractivity contribution >= 4 is 27.3 Å². The van der Waals surface area contributed by atoms with Crippen molar-refractivity contribution in [2.45, 2.75) is 36.5 Å². The Balaban J connectivity index is 1.72. The summed E-state index contributed by atoms with van der Waals surface area (Å²) in [6.07, 6.45) is 1.17. The Bertz CT molecular complexity index is 1070. The molecule has 8 nitrogen and oxygen atoms in total. The van der Waals surface area contributed by atoms with Crippen LogP contribution in [0.1, 0.15) is 31.7 Å². The average Bonchev–Trinajstić information content (AvgIpc) is 3.29. The number of carbonyl (C=O) groups excluding carboxylic acids is 1. The predicted octanol–water partition coefficient (Wildman–Crippen LogP) is 1.23. The lowest BCUT2D eigenvalue weighted by Gasteiger charge is -2.39. The molecule has 3 N–H and O–H groups in total. The molecule has 1 aliphatic carbocycles. The molecule has 2 atom stereocenters. The molecule has 1 amide bonds. The van der Waals surface area contributed by atoms with Crippen molar-refractivity contribution in [1.82, 2.24) is 0 Å². The number of halogens is 1. The quantitative estimate of drug-likeness (QED) is 0.755. The number of hydrogen-bond acceptors (Lipinski definition) is 7. The Morgan fingerprint density at radius 3 is 2.66 bits per heavy atom. The smallest absolute Gasteiger partial charge is 0.244 e. The zero-order valence-electron chi connectivity index (χ0n) is 15.9. The van der Waals surface area contributed by atoms with Crippen molar-refractivity contribution in [3.05, 3.63) is 29.6 Å². The maximum absolute atomic E-state index is 14.7. The molecule has 0 bridgehead atoms. The van der Waals surface area contributed by atoms with Gasteiger partial charge in [0, 0.05) is 17.9 Å². The summed E-state index contributed by atoms with van der Waals surface area (Å²) in [5.41, 5.74) is 3.87. The Morgan fingerprint density at radius 1 is 1.38 bits per heavy atom. The van der Waals surface area contributed by atoms with Crippen molar-refractivity contribution in [3.63, 3.8) is 0 Å². The summed E-state index contributed by atoms with van der Waals surface area (Å²) in [6, 6.07) is 5.86. The fourth-order valence-corrected chi connectivity index (χ4v) is 6.24. The second-order valence-corrected chi connectivity index (χ2v) is 10.5. The van der Waals surface area contributed by atoms with Gasteiger partial charge < -0.3 is 15.8 Å². The Kier molecular flexibility index (Phi) is 4.26. The average molecular weight is 420 g/mol. The normalized spacial score (nSPS) is 31.7. The predicted molar refractivity (Wildman–Crippen MR) is 103 cm³/mol. The summed E-state index contributed by atoms with van der Waals surface area (Å²) in [4.78, 5) is 16.7. The van der Waals surface area contributed by atoms with Gasteiger partial charge in [-0.25, -0.2) is 12.8 Å². The Morgan fingerprint density at radius 2 is 2.10 bits per heavy atom. The molecule has 2 aliphatic heterocycles. The Hall–Kier alpha value is -2.51. The lowest BCUT2D eigenvalue weighted by molar-refractivity contribution is -0.119. The van der Waals surface area contributed by atoms with Crippen LogP contribution in [-0.4, -0.2) is 43.9 Å². The van der Waals surface area contributed by atoms with Crippen LogP contribution in [0.2, 0.25) is 0 Å². The highest BCUT2D eigenvalue weighted by molar-refractivity contribution is 7.93. The molecule has 154 valence electrons. The molecule has 1 spiro atoms. The first kappa shape index (κ1) is 19.8. The van der Waals surface area contributed by atoms with Gasteiger partial charge in [0.15, 0.2) is 14.6 Å². The van der Waals surface area contributed by atoms with E-state index in [9.17, 15) is 17.6 Å². The fraction of sp³-hybridized carbons (Fsp3) is 0.526. The second-order valence-electron chi connectivity index (χ2n) is 8.17. The first-order valence-electron chi connectivity index (χ1n) is 9.26. The number of hydrogen-bond donors (Lipinski definition) is 2. The third-order valence-electron chi connectivity index (χ3n) is 6.09. The number of aliphatic imine (C=N–C) groups is 1. The summed E-state index contributed by atoms with van der Waals surface area (Å²) in [7, 11) is -3.78. The van der Waals surface area contributed by atoms with Crippen molar-refractivity contribution in [2.24, 2.45) is 16.1 Å². The second kappa shape index (κ2) is 6.24. The number of sulfone groups is 1. The lowest BCUT2D eigenvalue weighted by Crippen LogP contribution is -2.58. The summed E-state index contributed by atoms with van der Waals surface area (Å²) >= 11 is 0. The molecular weight excluding hydrogens is 399 g/mol. The summed E-state index contributed by atoms with van der Waals surface area (Å²) in [5, 5.41) is 11.8. The summed E-state index contributed by atoms with van der Waals surface area (Å²) in [5.74, 6) is -1.62. The molecule has 10 heteroatoms. The van der Waals surface area contributed by atoms with Gasteiger partial charge in [0.25, 0.3) is 0 Å². The molecule has 0 aromatic heterocycles. The van der Waals surface area contributed by atoms with Crippen LogP contribution in [0.25, 0.3) is 0 Å². The molecule has 1 saturated carbocycles. The van der Waals surface area contributed by atoms with E-state index < -0.39 is 43.0 Å². The molecule has 29 heavy (non-hydrogen) atoms. The number of carbonyl (C=O) groups is 1. The number of nitrogens with one attached hydrogen (secondary N) is 1. The molecule has 4 rings (SSSR count). The molecule has 1 aromatic rings. The van der Waals surface area contributed by atoms with Gasteiger partial charge in [-0.3, -0.25) is 9.79 Å². The van der Waals surface area contributed by atoms with Gasteiger partial charge in [-0.2, -0.15) is 5.26 Å². The third kappa shape index (κ3) is 2.91. The van der Waals surface area contributed by atoms with Crippen LogP contribution in [0.3, 0.4) is 0 Å². The van der Waals surface area contributed by atoms with Gasteiger partial charge in [-0.15, -0.1) is 0 Å². The Labute approximate surface area is 167 Å². The van der Waals surface area contributed by atoms with E-state index in [4.69, 9.17) is 15.7 Å². The number of rotatable bonds is 3. The van der Waals surface area contributed by atoms with Gasteiger partial charge in [0.1, 0.15) is 22.6 Å². The summed E-state index contributed by atoms with van der Waals surface area (Å²) in [6.45, 7) is 1.71. The van der Waals surface area contributed by atoms with E-state index in [1.54, 1.807) is 0 Å². The molecular formula is C19H21FN4O4S. The number of amidine groups is 1. The molecule has 1 aromatic carbocycles. The molecule has 2 fully saturated rings. The third-order valence-corrected chi connectivity index (χ3v) is 8.75. The molecule has 0 radical (unpaired) electrons. The first-order chi connectivity index (χ1) is 13.6. The number of anilines is 1. The van der Waals surface area contributed by atoms with Crippen LogP contribution in [0, 0.1) is 22.6 Å². The van der Waals surface area contributed by atoms with Gasteiger partial charge in [0.2, 0.25) is 5.91 Å². The molecule has 1 saturated heterocycles. The minimum absolute atomic E-state index is 0.0115. The number of nitrogens with zero attached hydrogens (tertiary/aromatic N) is 2. The highest BCUT2D eigenvalue weighted by atomic mass is 32.2. The van der Waals surface area contributed by atoms with Crippen molar-refractivity contribution in [2.75, 3.05) is 24.3 Å². The van der Waals surface area contributed by atoms with E-state index in [-0.39, 0.29) is 36.7 Å². The van der Waals surface area contributed by atoms with Crippen molar-refractivity contribution < 1.29 is 22.3 Å². The first-order valence-corrected chi connectivity index (χ1v) is 10.9. The van der Waals surface area contributed by atoms with Crippen LogP contribution in [0.4, 0.5) is 10.1 Å². The number of benzene rings is 1.